The van der Waals surface area contributed by atoms with Gasteiger partial charge in [0.05, 0.1) is 5.52 Å². The molecule has 0 atom stereocenters. The summed E-state index contributed by atoms with van der Waals surface area (Å²) in [6.07, 6.45) is 1.68. The Kier molecular flexibility index (Phi) is 4.57. The van der Waals surface area contributed by atoms with E-state index in [0.29, 0.717) is 11.3 Å². The zero-order valence-electron chi connectivity index (χ0n) is 15.0. The van der Waals surface area contributed by atoms with Crippen LogP contribution < -0.4 is 5.73 Å². The first-order valence-corrected chi connectivity index (χ1v) is 8.94. The van der Waals surface area contributed by atoms with Crippen molar-refractivity contribution in [1.29, 1.82) is 0 Å². The van der Waals surface area contributed by atoms with Crippen molar-refractivity contribution in [3.05, 3.63) is 60.0 Å². The van der Waals surface area contributed by atoms with E-state index in [0.717, 1.165) is 54.8 Å². The number of anilines is 1. The van der Waals surface area contributed by atoms with Crippen LogP contribution in [0.15, 0.2) is 48.7 Å². The van der Waals surface area contributed by atoms with E-state index in [1.807, 2.05) is 30.3 Å². The first-order chi connectivity index (χ1) is 12.6. The molecule has 1 saturated heterocycles. The molecule has 1 aliphatic rings. The fraction of sp³-hybridized carbons (Fsp3) is 0.286. The summed E-state index contributed by atoms with van der Waals surface area (Å²) in [5, 5.41) is 0.892. The third-order valence-corrected chi connectivity index (χ3v) is 5.12. The number of nitrogen functional groups attached to an aromatic ring is 1. The summed E-state index contributed by atoms with van der Waals surface area (Å²) >= 11 is 0. The van der Waals surface area contributed by atoms with Crippen LogP contribution in [0.2, 0.25) is 0 Å². The lowest BCUT2D eigenvalue weighted by molar-refractivity contribution is 0.148. The predicted molar refractivity (Wildman–Crippen MR) is 104 cm³/mol. The van der Waals surface area contributed by atoms with E-state index in [4.69, 9.17) is 5.73 Å². The number of halogens is 1. The maximum absolute atomic E-state index is 14.8. The van der Waals surface area contributed by atoms with E-state index >= 15 is 0 Å². The minimum absolute atomic E-state index is 0.195. The summed E-state index contributed by atoms with van der Waals surface area (Å²) in [5.74, 6) is -0.195. The summed E-state index contributed by atoms with van der Waals surface area (Å²) in [5.41, 5.74) is 9.86. The molecule has 4 rings (SSSR count). The number of hydrogen-bond donors (Lipinski definition) is 1. The van der Waals surface area contributed by atoms with Crippen molar-refractivity contribution in [2.45, 2.75) is 6.54 Å². The average Bonchev–Trinajstić information content (AvgIpc) is 2.64. The maximum Gasteiger partial charge on any atom is 0.131 e. The Bertz CT molecular complexity index is 932. The van der Waals surface area contributed by atoms with Gasteiger partial charge in [0.25, 0.3) is 0 Å². The molecule has 0 bridgehead atoms. The van der Waals surface area contributed by atoms with Crippen LogP contribution in [0.1, 0.15) is 5.56 Å². The zero-order chi connectivity index (χ0) is 18.1. The Labute approximate surface area is 153 Å². The molecule has 0 amide bonds. The number of nitrogens with two attached hydrogens (primary N) is 1. The molecule has 0 radical (unpaired) electrons. The van der Waals surface area contributed by atoms with Crippen molar-refractivity contribution in [2.24, 2.45) is 0 Å². The van der Waals surface area contributed by atoms with Crippen molar-refractivity contribution < 1.29 is 4.39 Å². The number of hydrogen-bond acceptors (Lipinski definition) is 4. The number of rotatable bonds is 3. The van der Waals surface area contributed by atoms with Crippen LogP contribution in [0.25, 0.3) is 22.0 Å². The van der Waals surface area contributed by atoms with Crippen molar-refractivity contribution in [2.75, 3.05) is 39.0 Å². The molecule has 1 aliphatic heterocycles. The molecular formula is C21H23FN4. The Balaban J connectivity index is 1.58. The molecule has 26 heavy (non-hydrogen) atoms. The lowest BCUT2D eigenvalue weighted by Gasteiger charge is -2.32. The molecular weight excluding hydrogens is 327 g/mol. The highest BCUT2D eigenvalue weighted by Gasteiger charge is 2.15. The molecule has 3 aromatic rings. The van der Waals surface area contributed by atoms with Gasteiger partial charge in [0.15, 0.2) is 0 Å². The van der Waals surface area contributed by atoms with Gasteiger partial charge in [0.2, 0.25) is 0 Å². The first-order valence-electron chi connectivity index (χ1n) is 8.94. The molecule has 0 unspecified atom stereocenters. The van der Waals surface area contributed by atoms with Crippen LogP contribution in [0.3, 0.4) is 0 Å². The molecule has 2 aromatic carbocycles. The monoisotopic (exact) mass is 350 g/mol. The normalized spacial score (nSPS) is 16.2. The van der Waals surface area contributed by atoms with E-state index in [2.05, 4.69) is 21.8 Å². The second kappa shape index (κ2) is 7.02. The Morgan fingerprint density at radius 2 is 1.85 bits per heavy atom. The highest BCUT2D eigenvalue weighted by molar-refractivity contribution is 5.92. The van der Waals surface area contributed by atoms with E-state index < -0.39 is 0 Å². The van der Waals surface area contributed by atoms with Gasteiger partial charge in [0, 0.05) is 55.6 Å². The predicted octanol–water partition coefficient (Wildman–Crippen LogP) is 3.37. The van der Waals surface area contributed by atoms with Crippen LogP contribution in [0.4, 0.5) is 10.1 Å². The number of aromatic nitrogens is 1. The molecule has 1 fully saturated rings. The maximum atomic E-state index is 14.8. The van der Waals surface area contributed by atoms with Crippen LogP contribution in [-0.2, 0) is 6.54 Å². The number of benzene rings is 2. The number of pyridine rings is 1. The van der Waals surface area contributed by atoms with Gasteiger partial charge in [-0.15, -0.1) is 0 Å². The lowest BCUT2D eigenvalue weighted by Crippen LogP contribution is -2.43. The average molecular weight is 350 g/mol. The van der Waals surface area contributed by atoms with Gasteiger partial charge < -0.3 is 10.6 Å². The summed E-state index contributed by atoms with van der Waals surface area (Å²) in [6.45, 7) is 4.97. The summed E-state index contributed by atoms with van der Waals surface area (Å²) in [7, 11) is 2.14. The van der Waals surface area contributed by atoms with Crippen molar-refractivity contribution >= 4 is 16.6 Å². The van der Waals surface area contributed by atoms with Gasteiger partial charge in [-0.3, -0.25) is 9.88 Å². The largest absolute Gasteiger partial charge is 0.398 e. The molecule has 1 aromatic heterocycles. The summed E-state index contributed by atoms with van der Waals surface area (Å²) in [6, 6.07) is 13.0. The van der Waals surface area contributed by atoms with Crippen LogP contribution in [0.5, 0.6) is 0 Å². The summed E-state index contributed by atoms with van der Waals surface area (Å²) in [4.78, 5) is 9.04. The van der Waals surface area contributed by atoms with E-state index in [-0.39, 0.29) is 5.82 Å². The van der Waals surface area contributed by atoms with Crippen LogP contribution in [-0.4, -0.2) is 48.0 Å². The van der Waals surface area contributed by atoms with Gasteiger partial charge in [-0.2, -0.15) is 0 Å². The molecule has 2 heterocycles. The number of likely N-dealkylation sites (N-methyl/N-ethyl adjacent to an activating group) is 1. The van der Waals surface area contributed by atoms with Crippen LogP contribution in [0, 0.1) is 5.82 Å². The number of nitrogens with zero attached hydrogens (tertiary/aromatic N) is 3. The topological polar surface area (TPSA) is 45.4 Å². The SMILES string of the molecule is CN1CCN(Cc2ccc(-c3ccc4c(N)ccnc4c3)c(F)c2)CC1. The molecule has 0 spiro atoms. The summed E-state index contributed by atoms with van der Waals surface area (Å²) < 4.78 is 14.8. The third-order valence-electron chi connectivity index (χ3n) is 5.12. The molecule has 2 N–H and O–H groups in total. The first kappa shape index (κ1) is 16.9. The Hall–Kier alpha value is -2.50. The highest BCUT2D eigenvalue weighted by Crippen LogP contribution is 2.28. The van der Waals surface area contributed by atoms with Crippen molar-refractivity contribution in [1.82, 2.24) is 14.8 Å². The van der Waals surface area contributed by atoms with Gasteiger partial charge in [-0.1, -0.05) is 24.3 Å². The standard InChI is InChI=1S/C21H23FN4/c1-25-8-10-26(11-9-25)14-15-2-4-17(19(22)12-15)16-3-5-18-20(23)6-7-24-21(18)13-16/h2-7,12-13H,8-11,14H2,1H3,(H2,23,24). The van der Waals surface area contributed by atoms with Crippen molar-refractivity contribution in [3.8, 4) is 11.1 Å². The fourth-order valence-corrected chi connectivity index (χ4v) is 3.49. The minimum atomic E-state index is -0.195. The third kappa shape index (κ3) is 3.41. The second-order valence-corrected chi connectivity index (χ2v) is 7.03. The van der Waals surface area contributed by atoms with Gasteiger partial charge in [0.1, 0.15) is 5.82 Å². The van der Waals surface area contributed by atoms with E-state index in [9.17, 15) is 4.39 Å². The smallest absolute Gasteiger partial charge is 0.131 e. The second-order valence-electron chi connectivity index (χ2n) is 7.03. The molecule has 134 valence electrons. The molecule has 4 nitrogen and oxygen atoms in total. The molecule has 0 aliphatic carbocycles. The lowest BCUT2D eigenvalue weighted by atomic mass is 10.0. The minimum Gasteiger partial charge on any atom is -0.398 e. The zero-order valence-corrected chi connectivity index (χ0v) is 15.0. The number of fused-ring (bicyclic) bond motifs is 1. The Morgan fingerprint density at radius 1 is 1.04 bits per heavy atom. The molecule has 0 saturated carbocycles. The van der Waals surface area contributed by atoms with E-state index in [1.165, 1.54) is 0 Å². The highest BCUT2D eigenvalue weighted by atomic mass is 19.1. The molecule has 5 heteroatoms. The fourth-order valence-electron chi connectivity index (χ4n) is 3.49. The van der Waals surface area contributed by atoms with Crippen LogP contribution >= 0.6 is 0 Å². The quantitative estimate of drug-likeness (QED) is 0.787. The van der Waals surface area contributed by atoms with E-state index in [1.54, 1.807) is 18.3 Å². The number of piperazine rings is 1. The van der Waals surface area contributed by atoms with Gasteiger partial charge in [-0.25, -0.2) is 4.39 Å². The van der Waals surface area contributed by atoms with Crippen molar-refractivity contribution in [3.63, 3.8) is 0 Å². The van der Waals surface area contributed by atoms with Gasteiger partial charge in [-0.05, 0) is 36.4 Å². The Morgan fingerprint density at radius 3 is 2.62 bits per heavy atom. The van der Waals surface area contributed by atoms with Gasteiger partial charge >= 0.3 is 0 Å².